The minimum atomic E-state index is 0.588. The highest BCUT2D eigenvalue weighted by atomic mass is 35.5. The highest BCUT2D eigenvalue weighted by Gasteiger charge is 2.22. The van der Waals surface area contributed by atoms with Gasteiger partial charge in [0, 0.05) is 19.1 Å². The molecule has 118 valence electrons. The van der Waals surface area contributed by atoms with Crippen LogP contribution in [0, 0.1) is 0 Å². The van der Waals surface area contributed by atoms with E-state index in [-0.39, 0.29) is 0 Å². The molecule has 4 nitrogen and oxygen atoms in total. The first-order valence-electron chi connectivity index (χ1n) is 7.54. The molecule has 1 fully saturated rings. The number of nitrogens with one attached hydrogen (secondary N) is 1. The number of nitrogens with zero attached hydrogens (tertiary/aromatic N) is 1. The second kappa shape index (κ2) is 7.87. The SMILES string of the molecule is CCN1CCC[C@@H]1CNCc1cc(Cl)c(OC)c(OC)c1. The third-order valence-corrected chi connectivity index (χ3v) is 4.39. The van der Waals surface area contributed by atoms with Gasteiger partial charge < -0.3 is 14.8 Å². The first-order chi connectivity index (χ1) is 10.2. The number of methoxy groups -OCH3 is 2. The Kier molecular flexibility index (Phi) is 6.15. The van der Waals surface area contributed by atoms with E-state index in [9.17, 15) is 0 Å². The van der Waals surface area contributed by atoms with E-state index in [1.54, 1.807) is 14.2 Å². The van der Waals surface area contributed by atoms with Gasteiger partial charge in [-0.1, -0.05) is 18.5 Å². The maximum atomic E-state index is 6.22. The lowest BCUT2D eigenvalue weighted by Gasteiger charge is -2.23. The number of likely N-dealkylation sites (N-methyl/N-ethyl adjacent to an activating group) is 1. The van der Waals surface area contributed by atoms with Gasteiger partial charge in [-0.25, -0.2) is 0 Å². The standard InChI is InChI=1S/C16H25ClN2O2/c1-4-19-7-5-6-13(19)11-18-10-12-8-14(17)16(21-3)15(9-12)20-2/h8-9,13,18H,4-7,10-11H2,1-3H3/t13-/m1/s1. The molecule has 0 amide bonds. The van der Waals surface area contributed by atoms with Crippen molar-refractivity contribution in [3.8, 4) is 11.5 Å². The van der Waals surface area contributed by atoms with Crippen LogP contribution in [-0.4, -0.2) is 44.8 Å². The summed E-state index contributed by atoms with van der Waals surface area (Å²) in [5, 5.41) is 4.11. The topological polar surface area (TPSA) is 33.7 Å². The molecule has 1 aliphatic rings. The van der Waals surface area contributed by atoms with Crippen molar-refractivity contribution in [2.24, 2.45) is 0 Å². The van der Waals surface area contributed by atoms with E-state index in [4.69, 9.17) is 21.1 Å². The molecule has 2 rings (SSSR count). The second-order valence-corrected chi connectivity index (χ2v) is 5.78. The molecule has 1 aliphatic heterocycles. The summed E-state index contributed by atoms with van der Waals surface area (Å²) in [5.41, 5.74) is 1.11. The number of hydrogen-bond acceptors (Lipinski definition) is 4. The van der Waals surface area contributed by atoms with Gasteiger partial charge in [0.15, 0.2) is 11.5 Å². The Morgan fingerprint density at radius 1 is 1.33 bits per heavy atom. The smallest absolute Gasteiger partial charge is 0.179 e. The molecule has 0 saturated carbocycles. The zero-order valence-electron chi connectivity index (χ0n) is 13.1. The van der Waals surface area contributed by atoms with Crippen LogP contribution in [-0.2, 0) is 6.54 Å². The Balaban J connectivity index is 1.92. The maximum Gasteiger partial charge on any atom is 0.179 e. The lowest BCUT2D eigenvalue weighted by molar-refractivity contribution is 0.260. The monoisotopic (exact) mass is 312 g/mol. The summed E-state index contributed by atoms with van der Waals surface area (Å²) >= 11 is 6.22. The van der Waals surface area contributed by atoms with Crippen LogP contribution in [0.1, 0.15) is 25.3 Å². The van der Waals surface area contributed by atoms with E-state index in [0.29, 0.717) is 22.6 Å². The predicted octanol–water partition coefficient (Wildman–Crippen LogP) is 2.93. The Hall–Kier alpha value is -0.970. The Morgan fingerprint density at radius 3 is 2.81 bits per heavy atom. The molecule has 1 atom stereocenters. The molecule has 5 heteroatoms. The van der Waals surface area contributed by atoms with Gasteiger partial charge in [0.25, 0.3) is 0 Å². The molecule has 0 aliphatic carbocycles. The Bertz CT molecular complexity index is 468. The fourth-order valence-electron chi connectivity index (χ4n) is 3.00. The molecular weight excluding hydrogens is 288 g/mol. The van der Waals surface area contributed by atoms with Gasteiger partial charge in [-0.05, 0) is 43.6 Å². The van der Waals surface area contributed by atoms with Crippen molar-refractivity contribution in [3.63, 3.8) is 0 Å². The fourth-order valence-corrected chi connectivity index (χ4v) is 3.31. The van der Waals surface area contributed by atoms with Crippen LogP contribution in [0.5, 0.6) is 11.5 Å². The minimum Gasteiger partial charge on any atom is -0.493 e. The molecule has 21 heavy (non-hydrogen) atoms. The molecule has 0 spiro atoms. The van der Waals surface area contributed by atoms with Crippen LogP contribution < -0.4 is 14.8 Å². The zero-order valence-corrected chi connectivity index (χ0v) is 13.9. The lowest BCUT2D eigenvalue weighted by atomic mass is 10.1. The van der Waals surface area contributed by atoms with Gasteiger partial charge in [0.05, 0.1) is 19.2 Å². The Morgan fingerprint density at radius 2 is 2.14 bits per heavy atom. The average molecular weight is 313 g/mol. The molecule has 0 radical (unpaired) electrons. The van der Waals surface area contributed by atoms with Crippen molar-refractivity contribution >= 4 is 11.6 Å². The quantitative estimate of drug-likeness (QED) is 0.839. The van der Waals surface area contributed by atoms with E-state index in [1.807, 2.05) is 12.1 Å². The first-order valence-corrected chi connectivity index (χ1v) is 7.92. The van der Waals surface area contributed by atoms with Crippen molar-refractivity contribution in [1.82, 2.24) is 10.2 Å². The predicted molar refractivity (Wildman–Crippen MR) is 86.5 cm³/mol. The van der Waals surface area contributed by atoms with Crippen LogP contribution in [0.2, 0.25) is 5.02 Å². The van der Waals surface area contributed by atoms with Gasteiger partial charge in [-0.3, -0.25) is 4.90 Å². The molecule has 0 unspecified atom stereocenters. The Labute approximate surface area is 132 Å². The summed E-state index contributed by atoms with van der Waals surface area (Å²) in [6.07, 6.45) is 2.59. The summed E-state index contributed by atoms with van der Waals surface area (Å²) < 4.78 is 10.6. The number of rotatable bonds is 7. The molecule has 0 bridgehead atoms. The summed E-state index contributed by atoms with van der Waals surface area (Å²) in [6, 6.07) is 4.57. The van der Waals surface area contributed by atoms with E-state index < -0.39 is 0 Å². The zero-order chi connectivity index (χ0) is 15.2. The van der Waals surface area contributed by atoms with Crippen molar-refractivity contribution in [2.75, 3.05) is 33.9 Å². The van der Waals surface area contributed by atoms with E-state index in [2.05, 4.69) is 17.1 Å². The van der Waals surface area contributed by atoms with E-state index in [0.717, 1.165) is 25.2 Å². The summed E-state index contributed by atoms with van der Waals surface area (Å²) in [6.45, 7) is 6.39. The van der Waals surface area contributed by atoms with Gasteiger partial charge in [0.1, 0.15) is 0 Å². The molecule has 1 aromatic rings. The van der Waals surface area contributed by atoms with E-state index in [1.165, 1.54) is 19.4 Å². The van der Waals surface area contributed by atoms with Crippen molar-refractivity contribution < 1.29 is 9.47 Å². The summed E-state index contributed by atoms with van der Waals surface area (Å²) in [7, 11) is 3.23. The van der Waals surface area contributed by atoms with Crippen molar-refractivity contribution in [3.05, 3.63) is 22.7 Å². The lowest BCUT2D eigenvalue weighted by Crippen LogP contribution is -2.37. The molecule has 0 aromatic heterocycles. The first kappa shape index (κ1) is 16.4. The average Bonchev–Trinajstić information content (AvgIpc) is 2.94. The van der Waals surface area contributed by atoms with E-state index >= 15 is 0 Å². The van der Waals surface area contributed by atoms with Gasteiger partial charge in [-0.15, -0.1) is 0 Å². The number of likely N-dealkylation sites (tertiary alicyclic amines) is 1. The van der Waals surface area contributed by atoms with Crippen molar-refractivity contribution in [1.29, 1.82) is 0 Å². The third kappa shape index (κ3) is 4.02. The molecular formula is C16H25ClN2O2. The molecule has 1 heterocycles. The van der Waals surface area contributed by atoms with Crippen LogP contribution in [0.25, 0.3) is 0 Å². The van der Waals surface area contributed by atoms with Gasteiger partial charge in [0.2, 0.25) is 0 Å². The highest BCUT2D eigenvalue weighted by molar-refractivity contribution is 6.32. The highest BCUT2D eigenvalue weighted by Crippen LogP contribution is 2.35. The van der Waals surface area contributed by atoms with Crippen LogP contribution >= 0.6 is 11.6 Å². The summed E-state index contributed by atoms with van der Waals surface area (Å²) in [4.78, 5) is 2.54. The maximum absolute atomic E-state index is 6.22. The summed E-state index contributed by atoms with van der Waals surface area (Å²) in [5.74, 6) is 1.27. The van der Waals surface area contributed by atoms with Crippen LogP contribution in [0.15, 0.2) is 12.1 Å². The third-order valence-electron chi connectivity index (χ3n) is 4.11. The number of hydrogen-bond donors (Lipinski definition) is 1. The van der Waals surface area contributed by atoms with Crippen LogP contribution in [0.3, 0.4) is 0 Å². The molecule has 1 saturated heterocycles. The normalized spacial score (nSPS) is 19.0. The van der Waals surface area contributed by atoms with Gasteiger partial charge in [-0.2, -0.15) is 0 Å². The fraction of sp³-hybridized carbons (Fsp3) is 0.625. The number of benzene rings is 1. The minimum absolute atomic E-state index is 0.588. The number of halogens is 1. The largest absolute Gasteiger partial charge is 0.493 e. The second-order valence-electron chi connectivity index (χ2n) is 5.37. The molecule has 1 N–H and O–H groups in total. The van der Waals surface area contributed by atoms with Crippen LogP contribution in [0.4, 0.5) is 0 Å². The number of ether oxygens (including phenoxy) is 2. The van der Waals surface area contributed by atoms with Crippen molar-refractivity contribution in [2.45, 2.75) is 32.4 Å². The van der Waals surface area contributed by atoms with Gasteiger partial charge >= 0.3 is 0 Å². The molecule has 1 aromatic carbocycles.